The summed E-state index contributed by atoms with van der Waals surface area (Å²) in [4.78, 5) is 16.3. The molecule has 0 aromatic heterocycles. The van der Waals surface area contributed by atoms with Crippen LogP contribution in [-0.2, 0) is 4.79 Å². The molecule has 1 rings (SSSR count). The molecule has 4 heteroatoms. The molecule has 1 fully saturated rings. The standard InChI is InChI=1S/C14H29N3O/c1-12(4-8-15)14(18)17(3)11-7-13-5-9-16(2)10-6-13/h12-13H,4-11,15H2,1-3H3. The molecule has 0 aliphatic carbocycles. The Morgan fingerprint density at radius 2 is 2.06 bits per heavy atom. The number of piperidine rings is 1. The van der Waals surface area contributed by atoms with Gasteiger partial charge in [0.05, 0.1) is 0 Å². The summed E-state index contributed by atoms with van der Waals surface area (Å²) in [6, 6.07) is 0. The first-order valence-corrected chi connectivity index (χ1v) is 7.18. The van der Waals surface area contributed by atoms with E-state index < -0.39 is 0 Å². The predicted octanol–water partition coefficient (Wildman–Crippen LogP) is 1.16. The minimum absolute atomic E-state index is 0.0671. The molecule has 0 aromatic carbocycles. The molecule has 0 bridgehead atoms. The molecule has 1 amide bonds. The Bertz CT molecular complexity index is 249. The number of hydrogen-bond donors (Lipinski definition) is 1. The van der Waals surface area contributed by atoms with Gasteiger partial charge in [-0.15, -0.1) is 0 Å². The number of nitrogens with two attached hydrogens (primary N) is 1. The normalized spacial score (nSPS) is 19.8. The lowest BCUT2D eigenvalue weighted by atomic mass is 9.93. The Morgan fingerprint density at radius 3 is 2.61 bits per heavy atom. The molecule has 0 saturated carbocycles. The molecule has 1 aliphatic heterocycles. The maximum atomic E-state index is 12.0. The average molecular weight is 255 g/mol. The van der Waals surface area contributed by atoms with Gasteiger partial charge in [0.2, 0.25) is 5.91 Å². The topological polar surface area (TPSA) is 49.6 Å². The minimum Gasteiger partial charge on any atom is -0.346 e. The highest BCUT2D eigenvalue weighted by Gasteiger charge is 2.20. The summed E-state index contributed by atoms with van der Waals surface area (Å²) in [5, 5.41) is 0. The molecular formula is C14H29N3O. The summed E-state index contributed by atoms with van der Waals surface area (Å²) in [6.07, 6.45) is 4.48. The SMILES string of the molecule is CC(CCN)C(=O)N(C)CCC1CCN(C)CC1. The molecule has 1 heterocycles. The van der Waals surface area contributed by atoms with Gasteiger partial charge in [0.15, 0.2) is 0 Å². The maximum Gasteiger partial charge on any atom is 0.225 e. The van der Waals surface area contributed by atoms with Crippen molar-refractivity contribution in [2.45, 2.75) is 32.6 Å². The van der Waals surface area contributed by atoms with E-state index in [-0.39, 0.29) is 11.8 Å². The molecule has 0 aromatic rings. The summed E-state index contributed by atoms with van der Waals surface area (Å²) in [5.41, 5.74) is 5.50. The van der Waals surface area contributed by atoms with E-state index in [1.807, 2.05) is 18.9 Å². The van der Waals surface area contributed by atoms with Crippen LogP contribution in [-0.4, -0.2) is 56.0 Å². The van der Waals surface area contributed by atoms with Gasteiger partial charge >= 0.3 is 0 Å². The van der Waals surface area contributed by atoms with Crippen molar-refractivity contribution in [1.82, 2.24) is 9.80 Å². The van der Waals surface area contributed by atoms with Crippen LogP contribution in [0, 0.1) is 11.8 Å². The van der Waals surface area contributed by atoms with Gasteiger partial charge in [-0.2, -0.15) is 0 Å². The van der Waals surface area contributed by atoms with E-state index in [2.05, 4.69) is 11.9 Å². The van der Waals surface area contributed by atoms with E-state index in [4.69, 9.17) is 5.73 Å². The third-order valence-electron chi connectivity index (χ3n) is 4.11. The molecule has 18 heavy (non-hydrogen) atoms. The van der Waals surface area contributed by atoms with Gasteiger partial charge in [0.25, 0.3) is 0 Å². The first kappa shape index (κ1) is 15.4. The van der Waals surface area contributed by atoms with Crippen molar-refractivity contribution in [2.24, 2.45) is 17.6 Å². The van der Waals surface area contributed by atoms with Gasteiger partial charge in [-0.25, -0.2) is 0 Å². The molecule has 2 N–H and O–H groups in total. The van der Waals surface area contributed by atoms with Crippen molar-refractivity contribution in [3.05, 3.63) is 0 Å². The van der Waals surface area contributed by atoms with E-state index in [0.717, 1.165) is 25.3 Å². The molecular weight excluding hydrogens is 226 g/mol. The third kappa shape index (κ3) is 4.94. The quantitative estimate of drug-likeness (QED) is 0.775. The van der Waals surface area contributed by atoms with Gasteiger partial charge in [-0.05, 0) is 58.3 Å². The Morgan fingerprint density at radius 1 is 1.44 bits per heavy atom. The Hall–Kier alpha value is -0.610. The highest BCUT2D eigenvalue weighted by atomic mass is 16.2. The van der Waals surface area contributed by atoms with Gasteiger partial charge in [-0.3, -0.25) is 4.79 Å². The molecule has 1 unspecified atom stereocenters. The molecule has 106 valence electrons. The molecule has 4 nitrogen and oxygen atoms in total. The average Bonchev–Trinajstić information content (AvgIpc) is 2.37. The van der Waals surface area contributed by atoms with Crippen LogP contribution >= 0.6 is 0 Å². The van der Waals surface area contributed by atoms with Gasteiger partial charge in [0, 0.05) is 19.5 Å². The lowest BCUT2D eigenvalue weighted by Crippen LogP contribution is -2.36. The van der Waals surface area contributed by atoms with E-state index >= 15 is 0 Å². The Labute approximate surface area is 111 Å². The van der Waals surface area contributed by atoms with Crippen LogP contribution in [0.1, 0.15) is 32.6 Å². The lowest BCUT2D eigenvalue weighted by molar-refractivity contribution is -0.134. The molecule has 0 radical (unpaired) electrons. The van der Waals surface area contributed by atoms with Crippen molar-refractivity contribution in [2.75, 3.05) is 40.3 Å². The number of carbonyl (C=O) groups excluding carboxylic acids is 1. The van der Waals surface area contributed by atoms with Crippen LogP contribution in [0.4, 0.5) is 0 Å². The van der Waals surface area contributed by atoms with Crippen LogP contribution in [0.5, 0.6) is 0 Å². The van der Waals surface area contributed by atoms with Crippen LogP contribution in [0.15, 0.2) is 0 Å². The van der Waals surface area contributed by atoms with Gasteiger partial charge in [-0.1, -0.05) is 6.92 Å². The predicted molar refractivity (Wildman–Crippen MR) is 75.3 cm³/mol. The van der Waals surface area contributed by atoms with Crippen molar-refractivity contribution < 1.29 is 4.79 Å². The van der Waals surface area contributed by atoms with E-state index in [1.165, 1.54) is 25.9 Å². The van der Waals surface area contributed by atoms with Crippen LogP contribution in [0.2, 0.25) is 0 Å². The minimum atomic E-state index is 0.0671. The summed E-state index contributed by atoms with van der Waals surface area (Å²) in [5.74, 6) is 1.10. The molecule has 1 atom stereocenters. The van der Waals surface area contributed by atoms with E-state index in [1.54, 1.807) is 0 Å². The van der Waals surface area contributed by atoms with Crippen LogP contribution < -0.4 is 5.73 Å². The lowest BCUT2D eigenvalue weighted by Gasteiger charge is -2.30. The van der Waals surface area contributed by atoms with E-state index in [0.29, 0.717) is 6.54 Å². The maximum absolute atomic E-state index is 12.0. The summed E-state index contributed by atoms with van der Waals surface area (Å²) in [6.45, 7) is 5.86. The largest absolute Gasteiger partial charge is 0.346 e. The second-order valence-electron chi connectivity index (χ2n) is 5.77. The van der Waals surface area contributed by atoms with Crippen molar-refractivity contribution in [3.8, 4) is 0 Å². The number of nitrogens with zero attached hydrogens (tertiary/aromatic N) is 2. The highest BCUT2D eigenvalue weighted by molar-refractivity contribution is 5.78. The first-order valence-electron chi connectivity index (χ1n) is 7.18. The zero-order valence-electron chi connectivity index (χ0n) is 12.2. The van der Waals surface area contributed by atoms with Crippen LogP contribution in [0.25, 0.3) is 0 Å². The number of rotatable bonds is 6. The first-order chi connectivity index (χ1) is 8.54. The summed E-state index contributed by atoms with van der Waals surface area (Å²) in [7, 11) is 4.10. The van der Waals surface area contributed by atoms with Crippen molar-refractivity contribution >= 4 is 5.91 Å². The Kier molecular flexibility index (Phi) is 6.65. The van der Waals surface area contributed by atoms with Gasteiger partial charge < -0.3 is 15.5 Å². The summed E-state index contributed by atoms with van der Waals surface area (Å²) < 4.78 is 0. The highest BCUT2D eigenvalue weighted by Crippen LogP contribution is 2.20. The number of likely N-dealkylation sites (tertiary alicyclic amines) is 1. The summed E-state index contributed by atoms with van der Waals surface area (Å²) >= 11 is 0. The number of amides is 1. The Balaban J connectivity index is 2.23. The fourth-order valence-corrected chi connectivity index (χ4v) is 2.59. The fourth-order valence-electron chi connectivity index (χ4n) is 2.59. The third-order valence-corrected chi connectivity index (χ3v) is 4.11. The van der Waals surface area contributed by atoms with E-state index in [9.17, 15) is 4.79 Å². The van der Waals surface area contributed by atoms with Gasteiger partial charge in [0.1, 0.15) is 0 Å². The smallest absolute Gasteiger partial charge is 0.225 e. The van der Waals surface area contributed by atoms with Crippen molar-refractivity contribution in [3.63, 3.8) is 0 Å². The fraction of sp³-hybridized carbons (Fsp3) is 0.929. The second-order valence-corrected chi connectivity index (χ2v) is 5.77. The molecule has 0 spiro atoms. The number of carbonyl (C=O) groups is 1. The van der Waals surface area contributed by atoms with Crippen molar-refractivity contribution in [1.29, 1.82) is 0 Å². The zero-order valence-corrected chi connectivity index (χ0v) is 12.2. The second kappa shape index (κ2) is 7.74. The monoisotopic (exact) mass is 255 g/mol. The van der Waals surface area contributed by atoms with Crippen LogP contribution in [0.3, 0.4) is 0 Å². The number of hydrogen-bond acceptors (Lipinski definition) is 3. The zero-order chi connectivity index (χ0) is 13.5. The molecule has 1 saturated heterocycles. The molecule has 1 aliphatic rings.